The highest BCUT2D eigenvalue weighted by atomic mass is 16.5. The number of aliphatic carboxylic acids is 1. The first-order chi connectivity index (χ1) is 11.1. The number of rotatable bonds is 6. The number of carboxylic acids is 1. The molecule has 1 heterocycles. The fraction of sp³-hybridized carbons (Fsp3) is 0.529. The van der Waals surface area contributed by atoms with Gasteiger partial charge in [0.25, 0.3) is 0 Å². The van der Waals surface area contributed by atoms with Gasteiger partial charge in [0.15, 0.2) is 0 Å². The third kappa shape index (κ3) is 4.87. The molecule has 0 bridgehead atoms. The topological polar surface area (TPSA) is 78.9 Å². The minimum Gasteiger partial charge on any atom is -0.494 e. The van der Waals surface area contributed by atoms with E-state index in [1.165, 1.54) is 0 Å². The number of ether oxygens (including phenoxy) is 1. The SMILES string of the molecule is CCOc1ccccc1CCNC(=O)N1CCCC(C(=O)O)C1. The molecule has 0 radical (unpaired) electrons. The molecule has 1 aliphatic heterocycles. The maximum atomic E-state index is 12.2. The second kappa shape index (κ2) is 8.41. The van der Waals surface area contributed by atoms with Crippen LogP contribution in [-0.2, 0) is 11.2 Å². The molecule has 0 saturated carbocycles. The second-order valence-electron chi connectivity index (χ2n) is 5.65. The van der Waals surface area contributed by atoms with Crippen LogP contribution in [0.25, 0.3) is 0 Å². The first-order valence-electron chi connectivity index (χ1n) is 8.08. The Hall–Kier alpha value is -2.24. The summed E-state index contributed by atoms with van der Waals surface area (Å²) in [6.45, 7) is 3.94. The number of carboxylic acid groups (broad SMARTS) is 1. The van der Waals surface area contributed by atoms with E-state index >= 15 is 0 Å². The molecule has 6 heteroatoms. The standard InChI is InChI=1S/C17H24N2O4/c1-2-23-15-8-4-3-6-13(15)9-10-18-17(22)19-11-5-7-14(12-19)16(20)21/h3-4,6,8,14H,2,5,7,9-12H2,1H3,(H,18,22)(H,20,21). The summed E-state index contributed by atoms with van der Waals surface area (Å²) in [7, 11) is 0. The number of carbonyl (C=O) groups is 2. The average Bonchev–Trinajstić information content (AvgIpc) is 2.56. The van der Waals surface area contributed by atoms with Gasteiger partial charge in [-0.25, -0.2) is 4.79 Å². The second-order valence-corrected chi connectivity index (χ2v) is 5.65. The van der Waals surface area contributed by atoms with Gasteiger partial charge in [0, 0.05) is 19.6 Å². The lowest BCUT2D eigenvalue weighted by atomic mass is 9.99. The Morgan fingerprint density at radius 1 is 1.39 bits per heavy atom. The van der Waals surface area contributed by atoms with Crippen LogP contribution in [0.4, 0.5) is 4.79 Å². The van der Waals surface area contributed by atoms with E-state index in [9.17, 15) is 9.59 Å². The maximum Gasteiger partial charge on any atom is 0.317 e. The molecule has 6 nitrogen and oxygen atoms in total. The van der Waals surface area contributed by atoms with E-state index in [1.807, 2.05) is 31.2 Å². The van der Waals surface area contributed by atoms with Gasteiger partial charge in [-0.05, 0) is 37.8 Å². The number of hydrogen-bond acceptors (Lipinski definition) is 3. The zero-order valence-electron chi connectivity index (χ0n) is 13.5. The smallest absolute Gasteiger partial charge is 0.317 e. The molecular formula is C17H24N2O4. The van der Waals surface area contributed by atoms with Crippen LogP contribution in [-0.4, -0.2) is 48.2 Å². The largest absolute Gasteiger partial charge is 0.494 e. The Kier molecular flexibility index (Phi) is 6.26. The van der Waals surface area contributed by atoms with Crippen molar-refractivity contribution in [1.29, 1.82) is 0 Å². The van der Waals surface area contributed by atoms with Crippen LogP contribution in [0, 0.1) is 5.92 Å². The summed E-state index contributed by atoms with van der Waals surface area (Å²) in [5.41, 5.74) is 1.05. The average molecular weight is 320 g/mol. The summed E-state index contributed by atoms with van der Waals surface area (Å²) in [6, 6.07) is 7.58. The molecule has 1 unspecified atom stereocenters. The fourth-order valence-corrected chi connectivity index (χ4v) is 2.79. The lowest BCUT2D eigenvalue weighted by molar-refractivity contribution is -0.143. The highest BCUT2D eigenvalue weighted by Gasteiger charge is 2.27. The number of para-hydroxylation sites is 1. The van der Waals surface area contributed by atoms with Crippen molar-refractivity contribution in [2.24, 2.45) is 5.92 Å². The first-order valence-corrected chi connectivity index (χ1v) is 8.08. The van der Waals surface area contributed by atoms with Crippen molar-refractivity contribution in [3.63, 3.8) is 0 Å². The number of urea groups is 1. The molecule has 1 fully saturated rings. The van der Waals surface area contributed by atoms with Gasteiger partial charge in [-0.2, -0.15) is 0 Å². The van der Waals surface area contributed by atoms with E-state index in [4.69, 9.17) is 9.84 Å². The van der Waals surface area contributed by atoms with Gasteiger partial charge in [-0.1, -0.05) is 18.2 Å². The molecule has 0 aliphatic carbocycles. The van der Waals surface area contributed by atoms with Crippen molar-refractivity contribution in [2.45, 2.75) is 26.2 Å². The van der Waals surface area contributed by atoms with Crippen molar-refractivity contribution in [1.82, 2.24) is 10.2 Å². The van der Waals surface area contributed by atoms with Gasteiger partial charge in [0.05, 0.1) is 12.5 Å². The van der Waals surface area contributed by atoms with Gasteiger partial charge in [-0.15, -0.1) is 0 Å². The predicted molar refractivity (Wildman–Crippen MR) is 86.6 cm³/mol. The summed E-state index contributed by atoms with van der Waals surface area (Å²) in [5.74, 6) is -0.436. The Morgan fingerprint density at radius 3 is 2.91 bits per heavy atom. The zero-order valence-corrected chi connectivity index (χ0v) is 13.5. The first kappa shape index (κ1) is 17.1. The Balaban J connectivity index is 1.82. The molecule has 2 amide bonds. The van der Waals surface area contributed by atoms with Crippen molar-refractivity contribution in [2.75, 3.05) is 26.2 Å². The van der Waals surface area contributed by atoms with Crippen LogP contribution in [0.5, 0.6) is 5.75 Å². The predicted octanol–water partition coefficient (Wildman–Crippen LogP) is 2.13. The highest BCUT2D eigenvalue weighted by Crippen LogP contribution is 2.19. The maximum absolute atomic E-state index is 12.2. The van der Waals surface area contributed by atoms with Crippen LogP contribution < -0.4 is 10.1 Å². The van der Waals surface area contributed by atoms with Crippen LogP contribution in [0.3, 0.4) is 0 Å². The van der Waals surface area contributed by atoms with Gasteiger partial charge in [0.2, 0.25) is 0 Å². The van der Waals surface area contributed by atoms with E-state index in [1.54, 1.807) is 4.90 Å². The lowest BCUT2D eigenvalue weighted by Gasteiger charge is -2.30. The summed E-state index contributed by atoms with van der Waals surface area (Å²) >= 11 is 0. The number of piperidine rings is 1. The summed E-state index contributed by atoms with van der Waals surface area (Å²) < 4.78 is 5.56. The van der Waals surface area contributed by atoms with Crippen molar-refractivity contribution >= 4 is 12.0 Å². The number of nitrogens with zero attached hydrogens (tertiary/aromatic N) is 1. The highest BCUT2D eigenvalue weighted by molar-refractivity contribution is 5.76. The molecule has 2 rings (SSSR count). The monoisotopic (exact) mass is 320 g/mol. The van der Waals surface area contributed by atoms with Crippen LogP contribution in [0.1, 0.15) is 25.3 Å². The van der Waals surface area contributed by atoms with Gasteiger partial charge >= 0.3 is 12.0 Å². The van der Waals surface area contributed by atoms with Crippen LogP contribution in [0.2, 0.25) is 0 Å². The Labute approximate surface area is 136 Å². The van der Waals surface area contributed by atoms with Crippen molar-refractivity contribution < 1.29 is 19.4 Å². The van der Waals surface area contributed by atoms with Gasteiger partial charge in [-0.3, -0.25) is 4.79 Å². The van der Waals surface area contributed by atoms with E-state index in [2.05, 4.69) is 5.32 Å². The minimum absolute atomic E-state index is 0.190. The quantitative estimate of drug-likeness (QED) is 0.841. The molecule has 126 valence electrons. The van der Waals surface area contributed by atoms with Gasteiger partial charge in [0.1, 0.15) is 5.75 Å². The molecule has 1 aromatic carbocycles. The Bertz CT molecular complexity index is 547. The number of hydrogen-bond donors (Lipinski definition) is 2. The van der Waals surface area contributed by atoms with E-state index in [0.717, 1.165) is 17.7 Å². The molecule has 0 spiro atoms. The van der Waals surface area contributed by atoms with E-state index < -0.39 is 11.9 Å². The van der Waals surface area contributed by atoms with E-state index in [0.29, 0.717) is 32.5 Å². The number of carbonyl (C=O) groups excluding carboxylic acids is 1. The van der Waals surface area contributed by atoms with Gasteiger partial charge < -0.3 is 20.1 Å². The molecule has 23 heavy (non-hydrogen) atoms. The minimum atomic E-state index is -0.826. The van der Waals surface area contributed by atoms with E-state index in [-0.39, 0.29) is 12.6 Å². The van der Waals surface area contributed by atoms with Crippen LogP contribution in [0.15, 0.2) is 24.3 Å². The molecule has 1 aliphatic rings. The molecule has 0 aromatic heterocycles. The molecular weight excluding hydrogens is 296 g/mol. The molecule has 2 N–H and O–H groups in total. The number of nitrogens with one attached hydrogen (secondary N) is 1. The molecule has 1 atom stereocenters. The number of benzene rings is 1. The Morgan fingerprint density at radius 2 is 2.17 bits per heavy atom. The number of amides is 2. The number of likely N-dealkylation sites (tertiary alicyclic amines) is 1. The fourth-order valence-electron chi connectivity index (χ4n) is 2.79. The third-order valence-electron chi connectivity index (χ3n) is 4.00. The molecule has 1 aromatic rings. The summed E-state index contributed by atoms with van der Waals surface area (Å²) in [5, 5.41) is 11.9. The third-order valence-corrected chi connectivity index (χ3v) is 4.00. The van der Waals surface area contributed by atoms with Crippen molar-refractivity contribution in [3.8, 4) is 5.75 Å². The molecule has 1 saturated heterocycles. The summed E-state index contributed by atoms with van der Waals surface area (Å²) in [4.78, 5) is 24.8. The summed E-state index contributed by atoms with van der Waals surface area (Å²) in [6.07, 6.45) is 2.05. The zero-order chi connectivity index (χ0) is 16.7. The lowest BCUT2D eigenvalue weighted by Crippen LogP contribution is -2.47. The normalized spacial score (nSPS) is 17.6. The van der Waals surface area contributed by atoms with Crippen molar-refractivity contribution in [3.05, 3.63) is 29.8 Å². The van der Waals surface area contributed by atoms with Crippen LogP contribution >= 0.6 is 0 Å².